The molecule has 0 radical (unpaired) electrons. The van der Waals surface area contributed by atoms with E-state index in [0.29, 0.717) is 11.1 Å². The average Bonchev–Trinajstić information content (AvgIpc) is 2.53. The van der Waals surface area contributed by atoms with E-state index < -0.39 is 39.7 Å². The molecule has 1 unspecified atom stereocenters. The minimum Gasteiger partial charge on any atom is -0.598 e. The summed E-state index contributed by atoms with van der Waals surface area (Å²) < 4.78 is 66.6. The second-order valence-electron chi connectivity index (χ2n) is 6.73. The van der Waals surface area contributed by atoms with Crippen molar-refractivity contribution in [3.8, 4) is 0 Å². The molecule has 8 heteroatoms. The normalized spacial score (nSPS) is 15.0. The lowest BCUT2D eigenvalue weighted by Gasteiger charge is -2.28. The Hall–Kier alpha value is -1.28. The largest absolute Gasteiger partial charge is 0.598 e. The highest BCUT2D eigenvalue weighted by molar-refractivity contribution is 7.90. The summed E-state index contributed by atoms with van der Waals surface area (Å²) in [6, 6.07) is 7.79. The maximum atomic E-state index is 13.5. The molecule has 0 bridgehead atoms. The molecule has 1 N–H and O–H groups in total. The Labute approximate surface area is 157 Å². The molecule has 0 aliphatic rings. The summed E-state index contributed by atoms with van der Waals surface area (Å²) >= 11 is 4.32. The van der Waals surface area contributed by atoms with Crippen LogP contribution in [0.15, 0.2) is 42.5 Å². The summed E-state index contributed by atoms with van der Waals surface area (Å²) in [7, 11) is 0. The van der Waals surface area contributed by atoms with Crippen LogP contribution in [-0.2, 0) is 17.5 Å². The van der Waals surface area contributed by atoms with Crippen LogP contribution in [0, 0.1) is 5.82 Å². The average molecular weight is 408 g/mol. The second-order valence-corrected chi connectivity index (χ2v) is 9.13. The Morgan fingerprint density at radius 3 is 2.00 bits per heavy atom. The molecule has 142 valence electrons. The maximum absolute atomic E-state index is 13.5. The number of alkyl halides is 3. The standard InChI is InChI=1S/C18H18ClF4NOS/c1-17(2,3)26(25)24-16(12-6-9-15(20)14(19)10-12)11-4-7-13(8-5-11)18(21,22)23/h4-10,16,24H,1-3H3/t16-,26?/m1/s1. The Morgan fingerprint density at radius 1 is 1.00 bits per heavy atom. The zero-order valence-electron chi connectivity index (χ0n) is 14.3. The van der Waals surface area contributed by atoms with E-state index in [1.54, 1.807) is 20.8 Å². The van der Waals surface area contributed by atoms with E-state index in [-0.39, 0.29) is 5.02 Å². The molecule has 0 aromatic heterocycles. The fraction of sp³-hybridized carbons (Fsp3) is 0.333. The Kier molecular flexibility index (Phi) is 6.28. The molecule has 0 saturated carbocycles. The van der Waals surface area contributed by atoms with Gasteiger partial charge < -0.3 is 4.55 Å². The number of rotatable bonds is 4. The van der Waals surface area contributed by atoms with E-state index in [2.05, 4.69) is 4.72 Å². The second kappa shape index (κ2) is 7.76. The minimum absolute atomic E-state index is 0.122. The van der Waals surface area contributed by atoms with Crippen LogP contribution < -0.4 is 4.72 Å². The molecule has 0 aliphatic carbocycles. The summed E-state index contributed by atoms with van der Waals surface area (Å²) in [6.07, 6.45) is -4.45. The van der Waals surface area contributed by atoms with E-state index in [4.69, 9.17) is 11.6 Å². The third-order valence-corrected chi connectivity index (χ3v) is 5.48. The summed E-state index contributed by atoms with van der Waals surface area (Å²) in [5, 5.41) is -0.122. The van der Waals surface area contributed by atoms with Crippen molar-refractivity contribution in [3.63, 3.8) is 0 Å². The lowest BCUT2D eigenvalue weighted by atomic mass is 9.98. The maximum Gasteiger partial charge on any atom is 0.416 e. The molecule has 0 aliphatic heterocycles. The van der Waals surface area contributed by atoms with Gasteiger partial charge in [0.05, 0.1) is 10.6 Å². The topological polar surface area (TPSA) is 35.1 Å². The molecule has 0 spiro atoms. The highest BCUT2D eigenvalue weighted by Gasteiger charge is 2.33. The highest BCUT2D eigenvalue weighted by Crippen LogP contribution is 2.32. The third kappa shape index (κ3) is 5.13. The van der Waals surface area contributed by atoms with Gasteiger partial charge in [-0.25, -0.2) is 4.39 Å². The molecule has 2 aromatic rings. The van der Waals surface area contributed by atoms with Crippen molar-refractivity contribution >= 4 is 23.0 Å². The molecule has 0 fully saturated rings. The van der Waals surface area contributed by atoms with Crippen LogP contribution in [0.2, 0.25) is 5.02 Å². The fourth-order valence-electron chi connectivity index (χ4n) is 2.17. The van der Waals surface area contributed by atoms with Crippen molar-refractivity contribution in [1.29, 1.82) is 0 Å². The summed E-state index contributed by atoms with van der Waals surface area (Å²) in [4.78, 5) is 0. The number of nitrogens with one attached hydrogen (secondary N) is 1. The van der Waals surface area contributed by atoms with Crippen LogP contribution in [0.4, 0.5) is 17.6 Å². The number of benzene rings is 2. The van der Waals surface area contributed by atoms with E-state index in [1.165, 1.54) is 24.3 Å². The van der Waals surface area contributed by atoms with Crippen molar-refractivity contribution in [2.45, 2.75) is 37.7 Å². The monoisotopic (exact) mass is 407 g/mol. The summed E-state index contributed by atoms with van der Waals surface area (Å²) in [6.45, 7) is 5.28. The first kappa shape index (κ1) is 21.0. The summed E-state index contributed by atoms with van der Waals surface area (Å²) in [5.41, 5.74) is 0.168. The number of hydrogen-bond donors (Lipinski definition) is 1. The minimum atomic E-state index is -4.45. The quantitative estimate of drug-likeness (QED) is 0.526. The van der Waals surface area contributed by atoms with Gasteiger partial charge in [-0.05, 0) is 56.2 Å². The zero-order chi connectivity index (χ0) is 19.7. The molecule has 0 saturated heterocycles. The van der Waals surface area contributed by atoms with Gasteiger partial charge in [0.25, 0.3) is 0 Å². The van der Waals surface area contributed by atoms with Crippen molar-refractivity contribution in [3.05, 3.63) is 70.0 Å². The van der Waals surface area contributed by atoms with Crippen molar-refractivity contribution in [2.75, 3.05) is 0 Å². The molecular formula is C18H18ClF4NOS. The highest BCUT2D eigenvalue weighted by atomic mass is 35.5. The fourth-order valence-corrected chi connectivity index (χ4v) is 3.20. The van der Waals surface area contributed by atoms with E-state index in [1.807, 2.05) is 0 Å². The summed E-state index contributed by atoms with van der Waals surface area (Å²) in [5.74, 6) is -0.612. The number of halogens is 5. The van der Waals surface area contributed by atoms with Gasteiger partial charge in [-0.2, -0.15) is 13.2 Å². The molecule has 0 amide bonds. The van der Waals surface area contributed by atoms with Crippen LogP contribution in [0.25, 0.3) is 0 Å². The molecule has 2 rings (SSSR count). The Morgan fingerprint density at radius 2 is 1.54 bits per heavy atom. The van der Waals surface area contributed by atoms with Gasteiger partial charge >= 0.3 is 6.18 Å². The first-order chi connectivity index (χ1) is 11.9. The lowest BCUT2D eigenvalue weighted by Crippen LogP contribution is -2.41. The molecule has 26 heavy (non-hydrogen) atoms. The third-order valence-electron chi connectivity index (χ3n) is 3.63. The van der Waals surface area contributed by atoms with Gasteiger partial charge in [0.1, 0.15) is 16.6 Å². The van der Waals surface area contributed by atoms with Gasteiger partial charge in [0.15, 0.2) is 0 Å². The lowest BCUT2D eigenvalue weighted by molar-refractivity contribution is -0.137. The first-order valence-electron chi connectivity index (χ1n) is 7.70. The van der Waals surface area contributed by atoms with Crippen LogP contribution in [0.5, 0.6) is 0 Å². The van der Waals surface area contributed by atoms with Gasteiger partial charge in [-0.1, -0.05) is 29.8 Å². The molecule has 2 atom stereocenters. The Bertz CT molecular complexity index is 759. The molecular weight excluding hydrogens is 390 g/mol. The van der Waals surface area contributed by atoms with Crippen LogP contribution in [0.1, 0.15) is 43.5 Å². The van der Waals surface area contributed by atoms with Crippen LogP contribution in [0.3, 0.4) is 0 Å². The number of hydrogen-bond acceptors (Lipinski definition) is 2. The van der Waals surface area contributed by atoms with Gasteiger partial charge in [0.2, 0.25) is 0 Å². The van der Waals surface area contributed by atoms with Crippen LogP contribution in [-0.4, -0.2) is 9.30 Å². The molecule has 2 nitrogen and oxygen atoms in total. The SMILES string of the molecule is CC(C)(C)[S+]([O-])N[C@H](c1ccc(C(F)(F)F)cc1)c1ccc(F)c(Cl)c1. The molecule has 2 aromatic carbocycles. The van der Waals surface area contributed by atoms with Crippen molar-refractivity contribution in [2.24, 2.45) is 0 Å². The smallest absolute Gasteiger partial charge is 0.416 e. The van der Waals surface area contributed by atoms with Gasteiger partial charge in [-0.15, -0.1) is 4.72 Å². The zero-order valence-corrected chi connectivity index (χ0v) is 15.9. The molecule has 0 heterocycles. The van der Waals surface area contributed by atoms with Gasteiger partial charge in [0, 0.05) is 11.4 Å². The van der Waals surface area contributed by atoms with Gasteiger partial charge in [-0.3, -0.25) is 0 Å². The van der Waals surface area contributed by atoms with E-state index in [0.717, 1.165) is 18.2 Å². The van der Waals surface area contributed by atoms with Crippen molar-refractivity contribution < 1.29 is 22.1 Å². The van der Waals surface area contributed by atoms with Crippen LogP contribution >= 0.6 is 11.6 Å². The van der Waals surface area contributed by atoms with Crippen molar-refractivity contribution in [1.82, 2.24) is 4.72 Å². The predicted octanol–water partition coefficient (Wildman–Crippen LogP) is 5.64. The predicted molar refractivity (Wildman–Crippen MR) is 95.7 cm³/mol. The van der Waals surface area contributed by atoms with E-state index in [9.17, 15) is 22.1 Å². The Balaban J connectivity index is 2.44. The van der Waals surface area contributed by atoms with E-state index >= 15 is 0 Å². The first-order valence-corrected chi connectivity index (χ1v) is 9.22.